The van der Waals surface area contributed by atoms with Crippen LogP contribution in [0.1, 0.15) is 65.2 Å². The second-order valence-corrected chi connectivity index (χ2v) is 11.4. The van der Waals surface area contributed by atoms with E-state index in [9.17, 15) is 14.4 Å². The van der Waals surface area contributed by atoms with Crippen molar-refractivity contribution in [2.45, 2.75) is 96.8 Å². The molecule has 10 nitrogen and oxygen atoms in total. The Morgan fingerprint density at radius 2 is 1.63 bits per heavy atom. The van der Waals surface area contributed by atoms with Gasteiger partial charge in [-0.3, -0.25) is 14.4 Å². The number of carbonyl (C=O) groups is 3. The van der Waals surface area contributed by atoms with Crippen molar-refractivity contribution in [2.24, 2.45) is 0 Å². The zero-order valence-electron chi connectivity index (χ0n) is 25.5. The summed E-state index contributed by atoms with van der Waals surface area (Å²) in [7, 11) is 0. The molecule has 0 N–H and O–H groups in total. The van der Waals surface area contributed by atoms with Crippen LogP contribution in [0.5, 0.6) is 5.75 Å². The van der Waals surface area contributed by atoms with Gasteiger partial charge in [-0.15, -0.1) is 0 Å². The van der Waals surface area contributed by atoms with Crippen LogP contribution in [-0.2, 0) is 55.0 Å². The zero-order valence-corrected chi connectivity index (χ0v) is 26.3. The van der Waals surface area contributed by atoms with Crippen LogP contribution in [-0.4, -0.2) is 67.2 Å². The largest absolute Gasteiger partial charge is 0.494 e. The Bertz CT molecular complexity index is 1330. The van der Waals surface area contributed by atoms with Gasteiger partial charge in [-0.05, 0) is 69.5 Å². The first kappa shape index (κ1) is 32.7. The van der Waals surface area contributed by atoms with Crippen molar-refractivity contribution in [3.8, 4) is 5.75 Å². The van der Waals surface area contributed by atoms with E-state index >= 15 is 0 Å². The lowest BCUT2D eigenvalue weighted by molar-refractivity contribution is -0.351. The highest BCUT2D eigenvalue weighted by Gasteiger charge is 2.73. The van der Waals surface area contributed by atoms with Crippen LogP contribution in [0.4, 0.5) is 0 Å². The number of hydrogen-bond acceptors (Lipinski definition) is 10. The Morgan fingerprint density at radius 1 is 0.953 bits per heavy atom. The van der Waals surface area contributed by atoms with Crippen LogP contribution in [0.2, 0.25) is 5.02 Å². The average molecular weight is 619 g/mol. The highest BCUT2D eigenvalue weighted by atomic mass is 35.5. The zero-order chi connectivity index (χ0) is 31.5. The summed E-state index contributed by atoms with van der Waals surface area (Å²) in [4.78, 5) is 36.9. The lowest BCUT2D eigenvalue weighted by atomic mass is 9.80. The maximum absolute atomic E-state index is 12.5. The Morgan fingerprint density at radius 3 is 2.21 bits per heavy atom. The fourth-order valence-electron chi connectivity index (χ4n) is 5.72. The molecule has 0 spiro atoms. The molecular formula is C32H39ClO10. The molecule has 6 atom stereocenters. The topological polar surface area (TPSA) is 116 Å². The quantitative estimate of drug-likeness (QED) is 0.255. The van der Waals surface area contributed by atoms with Gasteiger partial charge < -0.3 is 33.2 Å². The minimum Gasteiger partial charge on any atom is -0.494 e. The molecule has 2 aliphatic rings. The molecule has 11 heteroatoms. The number of benzene rings is 2. The molecule has 0 saturated carbocycles. The number of esters is 3. The summed E-state index contributed by atoms with van der Waals surface area (Å²) in [6, 6.07) is 13.1. The van der Waals surface area contributed by atoms with Gasteiger partial charge in [0.1, 0.15) is 11.9 Å². The highest BCUT2D eigenvalue weighted by molar-refractivity contribution is 6.31. The van der Waals surface area contributed by atoms with Crippen molar-refractivity contribution in [3.05, 3.63) is 64.2 Å². The van der Waals surface area contributed by atoms with Gasteiger partial charge in [-0.1, -0.05) is 29.8 Å². The van der Waals surface area contributed by atoms with Crippen molar-refractivity contribution < 1.29 is 47.5 Å². The number of carbonyl (C=O) groups excluding carboxylic acids is 3. The van der Waals surface area contributed by atoms with E-state index in [4.69, 9.17) is 44.8 Å². The Balaban J connectivity index is 1.85. The number of halogens is 1. The molecule has 2 bridgehead atoms. The van der Waals surface area contributed by atoms with Crippen molar-refractivity contribution in [2.75, 3.05) is 13.2 Å². The SMILES string of the molecule is CCOc1ccc(Cc2cc([C@]34OC[C@](C(C)OC(C)=O)(O3)[C@@H](OC(C)=O)[C@H](OC(C)=O)[C@H]4OC(C)C)ccc2Cl)cc1. The van der Waals surface area contributed by atoms with E-state index in [0.29, 0.717) is 23.6 Å². The molecule has 2 saturated heterocycles. The van der Waals surface area contributed by atoms with Gasteiger partial charge >= 0.3 is 17.9 Å². The number of fused-ring (bicyclic) bond motifs is 2. The highest BCUT2D eigenvalue weighted by Crippen LogP contribution is 2.54. The third-order valence-electron chi connectivity index (χ3n) is 7.43. The van der Waals surface area contributed by atoms with Gasteiger partial charge in [-0.2, -0.15) is 0 Å². The van der Waals surface area contributed by atoms with E-state index in [0.717, 1.165) is 16.9 Å². The van der Waals surface area contributed by atoms with Gasteiger partial charge in [0, 0.05) is 31.4 Å². The molecule has 234 valence electrons. The summed E-state index contributed by atoms with van der Waals surface area (Å²) >= 11 is 6.68. The Kier molecular flexibility index (Phi) is 10.1. The maximum atomic E-state index is 12.5. The first-order valence-corrected chi connectivity index (χ1v) is 14.7. The van der Waals surface area contributed by atoms with Crippen LogP contribution in [0.25, 0.3) is 0 Å². The predicted octanol–water partition coefficient (Wildman–Crippen LogP) is 4.89. The van der Waals surface area contributed by atoms with Crippen molar-refractivity contribution in [3.63, 3.8) is 0 Å². The molecule has 43 heavy (non-hydrogen) atoms. The number of ether oxygens (including phenoxy) is 7. The molecule has 0 amide bonds. The number of rotatable bonds is 11. The fraction of sp³-hybridized carbons (Fsp3) is 0.531. The van der Waals surface area contributed by atoms with Crippen LogP contribution in [0.3, 0.4) is 0 Å². The van der Waals surface area contributed by atoms with Crippen LogP contribution in [0.15, 0.2) is 42.5 Å². The molecule has 2 aliphatic heterocycles. The Hall–Kier alpha value is -3.18. The summed E-state index contributed by atoms with van der Waals surface area (Å²) in [5.74, 6) is -2.72. The van der Waals surface area contributed by atoms with Gasteiger partial charge in [0.15, 0.2) is 23.9 Å². The molecule has 0 aliphatic carbocycles. The molecule has 2 aromatic rings. The van der Waals surface area contributed by atoms with Crippen LogP contribution < -0.4 is 4.74 Å². The van der Waals surface area contributed by atoms with Crippen LogP contribution >= 0.6 is 11.6 Å². The van der Waals surface area contributed by atoms with E-state index in [1.807, 2.05) is 51.1 Å². The maximum Gasteiger partial charge on any atom is 0.303 e. The smallest absolute Gasteiger partial charge is 0.303 e. The first-order valence-electron chi connectivity index (χ1n) is 14.3. The molecule has 0 radical (unpaired) electrons. The normalized spacial score (nSPS) is 27.0. The van der Waals surface area contributed by atoms with Gasteiger partial charge in [0.05, 0.1) is 19.3 Å². The number of hydrogen-bond donors (Lipinski definition) is 0. The fourth-order valence-corrected chi connectivity index (χ4v) is 5.90. The lowest BCUT2D eigenvalue weighted by Gasteiger charge is -2.51. The van der Waals surface area contributed by atoms with E-state index in [-0.39, 0.29) is 12.7 Å². The molecule has 1 unspecified atom stereocenters. The molecule has 2 aromatic carbocycles. The third kappa shape index (κ3) is 6.82. The summed E-state index contributed by atoms with van der Waals surface area (Å²) in [5.41, 5.74) is 0.782. The standard InChI is InChI=1S/C32H39ClO10/c1-8-37-26-12-9-23(10-13-26)15-24-16-25(11-14-27(24)33)32-30(39-18(2)3)28(41-21(6)35)29(42-22(7)36)31(43-32,17-38-32)19(4)40-20(5)34/h9-14,16,18-19,28-30H,8,15,17H2,1-7H3/t19?,28-,29-,30+,31+,32-/m0/s1. The van der Waals surface area contributed by atoms with Crippen LogP contribution in [0, 0.1) is 0 Å². The van der Waals surface area contributed by atoms with E-state index in [2.05, 4.69) is 0 Å². The van der Waals surface area contributed by atoms with Crippen molar-refractivity contribution in [1.82, 2.24) is 0 Å². The van der Waals surface area contributed by atoms with Gasteiger partial charge in [-0.25, -0.2) is 0 Å². The Labute approximate surface area is 256 Å². The minimum atomic E-state index is -1.65. The summed E-state index contributed by atoms with van der Waals surface area (Å²) in [6.45, 7) is 11.3. The summed E-state index contributed by atoms with van der Waals surface area (Å²) in [5, 5.41) is 0.526. The first-order chi connectivity index (χ1) is 20.3. The second-order valence-electron chi connectivity index (χ2n) is 11.0. The van der Waals surface area contributed by atoms with E-state index in [1.165, 1.54) is 20.8 Å². The van der Waals surface area contributed by atoms with E-state index in [1.54, 1.807) is 19.1 Å². The van der Waals surface area contributed by atoms with Crippen molar-refractivity contribution >= 4 is 29.5 Å². The molecule has 2 heterocycles. The van der Waals surface area contributed by atoms with Gasteiger partial charge in [0.25, 0.3) is 0 Å². The minimum absolute atomic E-state index is 0.161. The summed E-state index contributed by atoms with van der Waals surface area (Å²) < 4.78 is 42.4. The predicted molar refractivity (Wildman–Crippen MR) is 156 cm³/mol. The monoisotopic (exact) mass is 618 g/mol. The second kappa shape index (κ2) is 13.2. The average Bonchev–Trinajstić information content (AvgIpc) is 3.30. The van der Waals surface area contributed by atoms with Gasteiger partial charge in [0.2, 0.25) is 5.79 Å². The van der Waals surface area contributed by atoms with E-state index < -0.39 is 53.7 Å². The third-order valence-corrected chi connectivity index (χ3v) is 7.80. The molecule has 2 fully saturated rings. The molecule has 4 rings (SSSR count). The lowest BCUT2D eigenvalue weighted by Crippen LogP contribution is -2.70. The summed E-state index contributed by atoms with van der Waals surface area (Å²) in [6.07, 6.45) is -4.34. The molecular weight excluding hydrogens is 580 g/mol. The van der Waals surface area contributed by atoms with Crippen molar-refractivity contribution in [1.29, 1.82) is 0 Å². The molecule has 0 aromatic heterocycles.